The number of thiophene rings is 1. The minimum Gasteiger partial charge on any atom is -0.453 e. The minimum atomic E-state index is -1.76. The third kappa shape index (κ3) is 5.08. The molecule has 9 heteroatoms. The molecule has 192 valence electrons. The first kappa shape index (κ1) is 26.4. The summed E-state index contributed by atoms with van der Waals surface area (Å²) in [5.41, 5.74) is 3.35. The van der Waals surface area contributed by atoms with E-state index in [9.17, 15) is 24.5 Å². The van der Waals surface area contributed by atoms with E-state index in [0.29, 0.717) is 12.0 Å². The van der Waals surface area contributed by atoms with Gasteiger partial charge in [-0.3, -0.25) is 4.79 Å². The summed E-state index contributed by atoms with van der Waals surface area (Å²) in [6.07, 6.45) is -4.99. The molecule has 1 aliphatic rings. The van der Waals surface area contributed by atoms with Crippen LogP contribution >= 0.6 is 11.3 Å². The van der Waals surface area contributed by atoms with E-state index in [4.69, 9.17) is 14.2 Å². The molecule has 1 aliphatic heterocycles. The summed E-state index contributed by atoms with van der Waals surface area (Å²) < 4.78 is 30.4. The first-order chi connectivity index (χ1) is 17.2. The summed E-state index contributed by atoms with van der Waals surface area (Å²) in [4.78, 5) is 13.9. The highest BCUT2D eigenvalue weighted by Gasteiger charge is 2.57. The van der Waals surface area contributed by atoms with Crippen molar-refractivity contribution in [1.29, 1.82) is 0 Å². The summed E-state index contributed by atoms with van der Waals surface area (Å²) in [6, 6.07) is 15.8. The Hall–Kier alpha value is -2.66. The molecule has 3 N–H and O–H groups in total. The maximum absolute atomic E-state index is 13.3. The Balaban J connectivity index is 1.69. The van der Waals surface area contributed by atoms with Crippen LogP contribution in [0.15, 0.2) is 54.6 Å². The molecule has 1 aromatic heterocycles. The fourth-order valence-corrected chi connectivity index (χ4v) is 5.52. The van der Waals surface area contributed by atoms with Crippen molar-refractivity contribution in [2.75, 3.05) is 13.7 Å². The Morgan fingerprint density at radius 3 is 2.47 bits per heavy atom. The van der Waals surface area contributed by atoms with Gasteiger partial charge in [0.2, 0.25) is 5.79 Å². The van der Waals surface area contributed by atoms with Gasteiger partial charge in [0.25, 0.3) is 0 Å². The smallest absolute Gasteiger partial charge is 0.303 e. The van der Waals surface area contributed by atoms with Crippen LogP contribution in [0.5, 0.6) is 0 Å². The van der Waals surface area contributed by atoms with Crippen molar-refractivity contribution < 1.29 is 38.7 Å². The molecule has 0 amide bonds. The van der Waals surface area contributed by atoms with E-state index in [1.165, 1.54) is 26.2 Å². The predicted molar refractivity (Wildman–Crippen MR) is 132 cm³/mol. The molecule has 7 nitrogen and oxygen atoms in total. The Labute approximate surface area is 212 Å². The molecular formula is C27H29FO7S. The number of rotatable bonds is 7. The van der Waals surface area contributed by atoms with E-state index in [1.54, 1.807) is 29.5 Å². The van der Waals surface area contributed by atoms with Gasteiger partial charge in [0.1, 0.15) is 24.1 Å². The van der Waals surface area contributed by atoms with E-state index in [2.05, 4.69) is 0 Å². The fraction of sp³-hybridized carbons (Fsp3) is 0.370. The molecule has 0 saturated carbocycles. The zero-order valence-electron chi connectivity index (χ0n) is 20.2. The van der Waals surface area contributed by atoms with Gasteiger partial charge < -0.3 is 29.5 Å². The van der Waals surface area contributed by atoms with Gasteiger partial charge in [-0.15, -0.1) is 11.3 Å². The van der Waals surface area contributed by atoms with Crippen LogP contribution in [0.4, 0.5) is 4.39 Å². The van der Waals surface area contributed by atoms with Crippen LogP contribution in [-0.4, -0.2) is 59.4 Å². The Bertz CT molecular complexity index is 1210. The zero-order valence-corrected chi connectivity index (χ0v) is 21.0. The van der Waals surface area contributed by atoms with Crippen molar-refractivity contribution in [3.63, 3.8) is 0 Å². The molecule has 4 rings (SSSR count). The first-order valence-corrected chi connectivity index (χ1v) is 12.3. The second kappa shape index (κ2) is 10.8. The van der Waals surface area contributed by atoms with E-state index >= 15 is 0 Å². The number of benzene rings is 2. The largest absolute Gasteiger partial charge is 0.453 e. The molecule has 36 heavy (non-hydrogen) atoms. The van der Waals surface area contributed by atoms with E-state index in [1.807, 2.05) is 31.2 Å². The monoisotopic (exact) mass is 516 g/mol. The number of esters is 1. The quantitative estimate of drug-likeness (QED) is 0.414. The number of aryl methyl sites for hydroxylation is 1. The van der Waals surface area contributed by atoms with Crippen LogP contribution in [0, 0.1) is 12.7 Å². The highest BCUT2D eigenvalue weighted by Crippen LogP contribution is 2.42. The number of hydrogen-bond acceptors (Lipinski definition) is 8. The van der Waals surface area contributed by atoms with Gasteiger partial charge in [0, 0.05) is 35.8 Å². The van der Waals surface area contributed by atoms with Crippen molar-refractivity contribution in [3.05, 3.63) is 82.0 Å². The highest BCUT2D eigenvalue weighted by molar-refractivity contribution is 7.15. The average Bonchev–Trinajstić information content (AvgIpc) is 3.33. The number of aliphatic hydroxyl groups excluding tert-OH is 3. The van der Waals surface area contributed by atoms with Crippen LogP contribution in [0.3, 0.4) is 0 Å². The second-order valence-electron chi connectivity index (χ2n) is 8.81. The van der Waals surface area contributed by atoms with Gasteiger partial charge in [-0.25, -0.2) is 4.39 Å². The first-order valence-electron chi connectivity index (χ1n) is 11.5. The van der Waals surface area contributed by atoms with Crippen LogP contribution in [-0.2, 0) is 31.2 Å². The van der Waals surface area contributed by atoms with Gasteiger partial charge >= 0.3 is 5.97 Å². The molecule has 3 aromatic rings. The highest BCUT2D eigenvalue weighted by atomic mass is 32.1. The Morgan fingerprint density at radius 1 is 1.11 bits per heavy atom. The van der Waals surface area contributed by atoms with Crippen LogP contribution in [0.1, 0.15) is 28.5 Å². The van der Waals surface area contributed by atoms with Crippen LogP contribution in [0.2, 0.25) is 0 Å². The summed E-state index contributed by atoms with van der Waals surface area (Å²) in [5, 5.41) is 30.9. The van der Waals surface area contributed by atoms with Crippen LogP contribution in [0.25, 0.3) is 10.4 Å². The molecule has 1 unspecified atom stereocenters. The SMILES string of the molecule is CO[C@]1(c2ccc(C)c(Cc3ccc(-c4ccc(F)cc4)s3)c2)O[C@H](CO)[C@@H](O)[C@H](O)C1OC(C)=O. The molecular weight excluding hydrogens is 487 g/mol. The summed E-state index contributed by atoms with van der Waals surface area (Å²) in [7, 11) is 1.35. The number of carbonyl (C=O) groups excluding carboxylic acids is 1. The van der Waals surface area contributed by atoms with Crippen molar-refractivity contribution in [1.82, 2.24) is 0 Å². The molecule has 0 spiro atoms. The number of methoxy groups -OCH3 is 1. The van der Waals surface area contributed by atoms with Gasteiger partial charge in [0.05, 0.1) is 6.61 Å². The maximum atomic E-state index is 13.3. The topological polar surface area (TPSA) is 105 Å². The Morgan fingerprint density at radius 2 is 1.83 bits per heavy atom. The second-order valence-corrected chi connectivity index (χ2v) is 9.98. The van der Waals surface area contributed by atoms with Gasteiger partial charge in [0.15, 0.2) is 6.10 Å². The molecule has 1 saturated heterocycles. The van der Waals surface area contributed by atoms with E-state index < -0.39 is 42.8 Å². The molecule has 0 aliphatic carbocycles. The van der Waals surface area contributed by atoms with Gasteiger partial charge in [-0.2, -0.15) is 0 Å². The number of aliphatic hydroxyl groups is 3. The molecule has 5 atom stereocenters. The van der Waals surface area contributed by atoms with E-state index in [0.717, 1.165) is 26.4 Å². The van der Waals surface area contributed by atoms with Crippen molar-refractivity contribution in [2.24, 2.45) is 0 Å². The molecule has 2 heterocycles. The zero-order chi connectivity index (χ0) is 26.0. The predicted octanol–water partition coefficient (Wildman–Crippen LogP) is 3.30. The van der Waals surface area contributed by atoms with Crippen molar-refractivity contribution in [3.8, 4) is 10.4 Å². The molecule has 1 fully saturated rings. The number of ether oxygens (including phenoxy) is 3. The Kier molecular flexibility index (Phi) is 7.89. The lowest BCUT2D eigenvalue weighted by atomic mass is 9.86. The fourth-order valence-electron chi connectivity index (χ4n) is 4.48. The third-order valence-electron chi connectivity index (χ3n) is 6.42. The number of halogens is 1. The average molecular weight is 517 g/mol. The number of hydrogen-bond donors (Lipinski definition) is 3. The van der Waals surface area contributed by atoms with Gasteiger partial charge in [-0.1, -0.05) is 24.3 Å². The number of carbonyl (C=O) groups is 1. The molecule has 0 bridgehead atoms. The lowest BCUT2D eigenvalue weighted by Gasteiger charge is -2.48. The standard InChI is InChI=1S/C27H29FO7S/c1-15-4-7-19(27(33-3)26(34-16(2)30)25(32)24(31)22(14-29)35-27)12-18(15)13-21-10-11-23(36-21)17-5-8-20(28)9-6-17/h4-12,22,24-26,29,31-32H,13-14H2,1-3H3/t22-,24-,25+,26?,27-/m1/s1. The third-order valence-corrected chi connectivity index (χ3v) is 7.56. The lowest BCUT2D eigenvalue weighted by Crippen LogP contribution is -2.65. The molecule has 2 aromatic carbocycles. The summed E-state index contributed by atoms with van der Waals surface area (Å²) in [5.74, 6) is -2.72. The minimum absolute atomic E-state index is 0.284. The van der Waals surface area contributed by atoms with Crippen LogP contribution < -0.4 is 0 Å². The maximum Gasteiger partial charge on any atom is 0.303 e. The van der Waals surface area contributed by atoms with Crippen molar-refractivity contribution >= 4 is 17.3 Å². The lowest BCUT2D eigenvalue weighted by molar-refractivity contribution is -0.367. The van der Waals surface area contributed by atoms with Gasteiger partial charge in [-0.05, 0) is 53.9 Å². The molecule has 0 radical (unpaired) electrons. The summed E-state index contributed by atoms with van der Waals surface area (Å²) in [6.45, 7) is 2.58. The summed E-state index contributed by atoms with van der Waals surface area (Å²) >= 11 is 1.59. The normalized spacial score (nSPS) is 26.1. The van der Waals surface area contributed by atoms with E-state index in [-0.39, 0.29) is 5.82 Å². The van der Waals surface area contributed by atoms with Crippen molar-refractivity contribution in [2.45, 2.75) is 50.5 Å².